The number of carbonyl (C=O) groups excluding carboxylic acids is 1. The van der Waals surface area contributed by atoms with Crippen LogP contribution in [0.4, 0.5) is 0 Å². The summed E-state index contributed by atoms with van der Waals surface area (Å²) in [6, 6.07) is 5.74. The van der Waals surface area contributed by atoms with Crippen molar-refractivity contribution in [2.45, 2.75) is 26.7 Å². The molecule has 0 saturated carbocycles. The highest BCUT2D eigenvalue weighted by molar-refractivity contribution is 5.87. The molecule has 17 heavy (non-hydrogen) atoms. The second kappa shape index (κ2) is 4.78. The minimum atomic E-state index is -0.0918. The third-order valence-electron chi connectivity index (χ3n) is 3.06. The van der Waals surface area contributed by atoms with E-state index in [9.17, 15) is 4.79 Å². The van der Waals surface area contributed by atoms with E-state index >= 15 is 0 Å². The highest BCUT2D eigenvalue weighted by Crippen LogP contribution is 2.33. The lowest BCUT2D eigenvalue weighted by Gasteiger charge is -2.20. The molecule has 1 aromatic rings. The Bertz CT molecular complexity index is 423. The maximum atomic E-state index is 11.9. The second-order valence-corrected chi connectivity index (χ2v) is 4.68. The number of fused-ring (bicyclic) bond motifs is 1. The molecule has 0 N–H and O–H groups in total. The van der Waals surface area contributed by atoms with Crippen LogP contribution in [0, 0.1) is 5.92 Å². The lowest BCUT2D eigenvalue weighted by atomic mass is 9.90. The predicted octanol–water partition coefficient (Wildman–Crippen LogP) is 2.79. The Morgan fingerprint density at radius 1 is 1.12 bits per heavy atom. The summed E-state index contributed by atoms with van der Waals surface area (Å²) in [7, 11) is 0. The van der Waals surface area contributed by atoms with Crippen molar-refractivity contribution in [2.24, 2.45) is 5.92 Å². The average Bonchev–Trinajstić information content (AvgIpc) is 2.36. The van der Waals surface area contributed by atoms with Crippen molar-refractivity contribution >= 4 is 5.78 Å². The van der Waals surface area contributed by atoms with Gasteiger partial charge in [-0.25, -0.2) is 0 Å². The van der Waals surface area contributed by atoms with Crippen LogP contribution < -0.4 is 9.47 Å². The van der Waals surface area contributed by atoms with Gasteiger partial charge in [-0.15, -0.1) is 0 Å². The smallest absolute Gasteiger partial charge is 0.161 e. The fraction of sp³-hybridized carbons (Fsp3) is 0.500. The molecule has 0 fully saturated rings. The van der Waals surface area contributed by atoms with Crippen LogP contribution in [0.15, 0.2) is 18.2 Å². The number of hydrogen-bond donors (Lipinski definition) is 0. The van der Waals surface area contributed by atoms with Gasteiger partial charge in [0.15, 0.2) is 11.5 Å². The molecule has 1 unspecified atom stereocenters. The Balaban J connectivity index is 2.24. The maximum absolute atomic E-state index is 11.9. The molecule has 1 aliphatic heterocycles. The summed E-state index contributed by atoms with van der Waals surface area (Å²) >= 11 is 0. The SMILES string of the molecule is CC(C)C(=O)C(C)c1ccc2c(c1)OCCO2. The van der Waals surface area contributed by atoms with Crippen molar-refractivity contribution < 1.29 is 14.3 Å². The summed E-state index contributed by atoms with van der Waals surface area (Å²) in [5, 5.41) is 0. The van der Waals surface area contributed by atoms with Gasteiger partial charge in [0.2, 0.25) is 0 Å². The Morgan fingerprint density at radius 2 is 1.76 bits per heavy atom. The summed E-state index contributed by atoms with van der Waals surface area (Å²) < 4.78 is 11.0. The van der Waals surface area contributed by atoms with Gasteiger partial charge in [0.05, 0.1) is 0 Å². The van der Waals surface area contributed by atoms with E-state index in [1.54, 1.807) is 0 Å². The Kier molecular flexibility index (Phi) is 3.36. The second-order valence-electron chi connectivity index (χ2n) is 4.68. The number of hydrogen-bond acceptors (Lipinski definition) is 3. The fourth-order valence-electron chi connectivity index (χ4n) is 1.99. The molecule has 0 spiro atoms. The first kappa shape index (κ1) is 12.0. The van der Waals surface area contributed by atoms with Crippen LogP contribution in [-0.4, -0.2) is 19.0 Å². The van der Waals surface area contributed by atoms with Crippen LogP contribution in [0.1, 0.15) is 32.3 Å². The first-order valence-electron chi connectivity index (χ1n) is 6.03. The van der Waals surface area contributed by atoms with Crippen molar-refractivity contribution in [3.63, 3.8) is 0 Å². The molecule has 3 nitrogen and oxygen atoms in total. The van der Waals surface area contributed by atoms with Gasteiger partial charge in [-0.1, -0.05) is 26.8 Å². The number of rotatable bonds is 3. The van der Waals surface area contributed by atoms with Crippen molar-refractivity contribution in [2.75, 3.05) is 13.2 Å². The van der Waals surface area contributed by atoms with Gasteiger partial charge in [-0.2, -0.15) is 0 Å². The molecular formula is C14H18O3. The van der Waals surface area contributed by atoms with E-state index < -0.39 is 0 Å². The van der Waals surface area contributed by atoms with E-state index in [-0.39, 0.29) is 17.6 Å². The normalized spacial score (nSPS) is 15.8. The quantitative estimate of drug-likeness (QED) is 0.806. The molecular weight excluding hydrogens is 216 g/mol. The number of Topliss-reactive ketones (excluding diaryl/α,β-unsaturated/α-hetero) is 1. The molecule has 1 aliphatic rings. The van der Waals surface area contributed by atoms with Gasteiger partial charge in [-0.05, 0) is 17.7 Å². The molecule has 0 aromatic heterocycles. The van der Waals surface area contributed by atoms with Crippen molar-refractivity contribution in [3.05, 3.63) is 23.8 Å². The summed E-state index contributed by atoms with van der Waals surface area (Å²) in [4.78, 5) is 11.9. The maximum Gasteiger partial charge on any atom is 0.161 e. The number of benzene rings is 1. The van der Waals surface area contributed by atoms with Gasteiger partial charge < -0.3 is 9.47 Å². The molecule has 1 aromatic carbocycles. The highest BCUT2D eigenvalue weighted by Gasteiger charge is 2.20. The van der Waals surface area contributed by atoms with E-state index in [1.165, 1.54) is 0 Å². The van der Waals surface area contributed by atoms with Crippen LogP contribution in [0.5, 0.6) is 11.5 Å². The van der Waals surface area contributed by atoms with E-state index in [0.717, 1.165) is 17.1 Å². The molecule has 92 valence electrons. The Labute approximate surface area is 102 Å². The fourth-order valence-corrected chi connectivity index (χ4v) is 1.99. The minimum Gasteiger partial charge on any atom is -0.486 e. The molecule has 0 amide bonds. The summed E-state index contributed by atoms with van der Waals surface area (Å²) in [6.07, 6.45) is 0. The van der Waals surface area contributed by atoms with Crippen LogP contribution in [0.25, 0.3) is 0 Å². The number of carbonyl (C=O) groups is 1. The number of ketones is 1. The van der Waals surface area contributed by atoms with Gasteiger partial charge in [0, 0.05) is 11.8 Å². The van der Waals surface area contributed by atoms with Crippen molar-refractivity contribution in [3.8, 4) is 11.5 Å². The van der Waals surface area contributed by atoms with Crippen molar-refractivity contribution in [1.29, 1.82) is 0 Å². The van der Waals surface area contributed by atoms with E-state index in [4.69, 9.17) is 9.47 Å². The van der Waals surface area contributed by atoms with E-state index in [0.29, 0.717) is 13.2 Å². The van der Waals surface area contributed by atoms with E-state index in [2.05, 4.69) is 0 Å². The Morgan fingerprint density at radius 3 is 2.41 bits per heavy atom. The van der Waals surface area contributed by atoms with Crippen LogP contribution >= 0.6 is 0 Å². The minimum absolute atomic E-state index is 0.0539. The lowest BCUT2D eigenvalue weighted by Crippen LogP contribution is -2.18. The van der Waals surface area contributed by atoms with Crippen molar-refractivity contribution in [1.82, 2.24) is 0 Å². The summed E-state index contributed by atoms with van der Waals surface area (Å²) in [5.74, 6) is 1.73. The van der Waals surface area contributed by atoms with Crippen LogP contribution in [0.3, 0.4) is 0 Å². The van der Waals surface area contributed by atoms with Crippen LogP contribution in [-0.2, 0) is 4.79 Å². The van der Waals surface area contributed by atoms with Gasteiger partial charge in [0.25, 0.3) is 0 Å². The average molecular weight is 234 g/mol. The molecule has 3 heteroatoms. The molecule has 0 saturated heterocycles. The molecule has 0 radical (unpaired) electrons. The molecule has 1 atom stereocenters. The summed E-state index contributed by atoms with van der Waals surface area (Å²) in [6.45, 7) is 6.96. The largest absolute Gasteiger partial charge is 0.486 e. The predicted molar refractivity (Wildman–Crippen MR) is 65.7 cm³/mol. The zero-order valence-electron chi connectivity index (χ0n) is 10.5. The topological polar surface area (TPSA) is 35.5 Å². The van der Waals surface area contributed by atoms with Crippen LogP contribution in [0.2, 0.25) is 0 Å². The molecule has 0 aliphatic carbocycles. The standard InChI is InChI=1S/C14H18O3/c1-9(2)14(15)10(3)11-4-5-12-13(8-11)17-7-6-16-12/h4-5,8-10H,6-7H2,1-3H3. The Hall–Kier alpha value is -1.51. The van der Waals surface area contributed by atoms with E-state index in [1.807, 2.05) is 39.0 Å². The zero-order valence-corrected chi connectivity index (χ0v) is 10.5. The zero-order chi connectivity index (χ0) is 12.4. The molecule has 1 heterocycles. The molecule has 0 bridgehead atoms. The summed E-state index contributed by atoms with van der Waals surface area (Å²) in [5.41, 5.74) is 0.993. The van der Waals surface area contributed by atoms with Gasteiger partial charge in [0.1, 0.15) is 19.0 Å². The van der Waals surface area contributed by atoms with Gasteiger partial charge >= 0.3 is 0 Å². The number of ether oxygens (including phenoxy) is 2. The first-order chi connectivity index (χ1) is 8.09. The highest BCUT2D eigenvalue weighted by atomic mass is 16.6. The lowest BCUT2D eigenvalue weighted by molar-refractivity contribution is -0.123. The molecule has 2 rings (SSSR count). The monoisotopic (exact) mass is 234 g/mol. The third-order valence-corrected chi connectivity index (χ3v) is 3.06. The first-order valence-corrected chi connectivity index (χ1v) is 6.03. The third kappa shape index (κ3) is 2.43. The van der Waals surface area contributed by atoms with Gasteiger partial charge in [-0.3, -0.25) is 4.79 Å².